The minimum atomic E-state index is 0.309. The molecule has 2 N–H and O–H groups in total. The van der Waals surface area contributed by atoms with Crippen molar-refractivity contribution in [1.29, 1.82) is 0 Å². The molecule has 3 atom stereocenters. The summed E-state index contributed by atoms with van der Waals surface area (Å²) >= 11 is 0. The number of hydrogen-bond acceptors (Lipinski definition) is 3. The third-order valence-electron chi connectivity index (χ3n) is 5.24. The van der Waals surface area contributed by atoms with Gasteiger partial charge in [0.2, 0.25) is 0 Å². The van der Waals surface area contributed by atoms with Crippen molar-refractivity contribution in [1.82, 2.24) is 4.90 Å². The molecule has 2 heterocycles. The van der Waals surface area contributed by atoms with Gasteiger partial charge in [0.1, 0.15) is 0 Å². The van der Waals surface area contributed by atoms with Crippen molar-refractivity contribution in [3.05, 3.63) is 0 Å². The lowest BCUT2D eigenvalue weighted by Gasteiger charge is -2.47. The number of ether oxygens (including phenoxy) is 1. The topological polar surface area (TPSA) is 38.5 Å². The predicted molar refractivity (Wildman–Crippen MR) is 75.5 cm³/mol. The maximum absolute atomic E-state index is 6.09. The van der Waals surface area contributed by atoms with Crippen molar-refractivity contribution < 1.29 is 4.74 Å². The van der Waals surface area contributed by atoms with Crippen molar-refractivity contribution in [3.8, 4) is 0 Å². The van der Waals surface area contributed by atoms with E-state index in [2.05, 4.69) is 25.7 Å². The molecule has 0 aromatic carbocycles. The Morgan fingerprint density at radius 3 is 2.50 bits per heavy atom. The van der Waals surface area contributed by atoms with Crippen LogP contribution >= 0.6 is 0 Å². The molecule has 106 valence electrons. The minimum absolute atomic E-state index is 0.309. The summed E-state index contributed by atoms with van der Waals surface area (Å²) in [6, 6.07) is 0.701. The van der Waals surface area contributed by atoms with E-state index in [9.17, 15) is 0 Å². The standard InChI is InChI=1S/C15H30N2O/c1-12-8-13(2)14(3)17(9-12)11-15(10-16)4-6-18-7-5-15/h12-14H,4-11,16H2,1-3H3. The molecule has 0 aliphatic carbocycles. The first kappa shape index (κ1) is 14.3. The summed E-state index contributed by atoms with van der Waals surface area (Å²) in [6.07, 6.45) is 3.64. The lowest BCUT2D eigenvalue weighted by molar-refractivity contribution is -0.0252. The fraction of sp³-hybridized carbons (Fsp3) is 1.00. The Bertz CT molecular complexity index is 263. The van der Waals surface area contributed by atoms with Crippen LogP contribution in [0.5, 0.6) is 0 Å². The van der Waals surface area contributed by atoms with E-state index in [1.807, 2.05) is 0 Å². The Hall–Kier alpha value is -0.120. The lowest BCUT2D eigenvalue weighted by atomic mass is 9.77. The van der Waals surface area contributed by atoms with Crippen molar-refractivity contribution in [2.24, 2.45) is 23.0 Å². The normalized spacial score (nSPS) is 37.7. The summed E-state index contributed by atoms with van der Waals surface area (Å²) in [5, 5.41) is 0. The average molecular weight is 254 g/mol. The molecule has 2 fully saturated rings. The zero-order valence-corrected chi connectivity index (χ0v) is 12.3. The molecule has 0 bridgehead atoms. The zero-order valence-electron chi connectivity index (χ0n) is 12.3. The maximum Gasteiger partial charge on any atom is 0.0472 e. The van der Waals surface area contributed by atoms with Crippen LogP contribution in [-0.2, 0) is 4.74 Å². The van der Waals surface area contributed by atoms with Gasteiger partial charge in [-0.3, -0.25) is 4.90 Å². The van der Waals surface area contributed by atoms with Gasteiger partial charge in [-0.1, -0.05) is 13.8 Å². The van der Waals surface area contributed by atoms with E-state index in [0.29, 0.717) is 11.5 Å². The highest BCUT2D eigenvalue weighted by Gasteiger charge is 2.37. The van der Waals surface area contributed by atoms with E-state index in [-0.39, 0.29) is 0 Å². The summed E-state index contributed by atoms with van der Waals surface area (Å²) in [5.74, 6) is 1.63. The number of likely N-dealkylation sites (tertiary alicyclic amines) is 1. The van der Waals surface area contributed by atoms with E-state index in [0.717, 1.165) is 44.4 Å². The smallest absolute Gasteiger partial charge is 0.0472 e. The third kappa shape index (κ3) is 3.06. The molecule has 3 unspecified atom stereocenters. The van der Waals surface area contributed by atoms with Crippen molar-refractivity contribution in [3.63, 3.8) is 0 Å². The highest BCUT2D eigenvalue weighted by molar-refractivity contribution is 4.90. The average Bonchev–Trinajstić information content (AvgIpc) is 2.36. The fourth-order valence-electron chi connectivity index (χ4n) is 3.70. The number of nitrogens with two attached hydrogens (primary N) is 1. The van der Waals surface area contributed by atoms with Crippen LogP contribution in [-0.4, -0.2) is 43.8 Å². The third-order valence-corrected chi connectivity index (χ3v) is 5.24. The van der Waals surface area contributed by atoms with Gasteiger partial charge in [-0.2, -0.15) is 0 Å². The predicted octanol–water partition coefficient (Wildman–Crippen LogP) is 2.11. The molecule has 0 aromatic rings. The molecule has 0 saturated carbocycles. The van der Waals surface area contributed by atoms with E-state index >= 15 is 0 Å². The van der Waals surface area contributed by atoms with E-state index in [1.54, 1.807) is 0 Å². The maximum atomic E-state index is 6.09. The molecule has 18 heavy (non-hydrogen) atoms. The number of piperidine rings is 1. The molecule has 2 saturated heterocycles. The minimum Gasteiger partial charge on any atom is -0.381 e. The molecule has 3 nitrogen and oxygen atoms in total. The molecule has 0 spiro atoms. The van der Waals surface area contributed by atoms with Gasteiger partial charge < -0.3 is 10.5 Å². The lowest BCUT2D eigenvalue weighted by Crippen LogP contribution is -2.53. The van der Waals surface area contributed by atoms with Crippen LogP contribution in [0.1, 0.15) is 40.0 Å². The highest BCUT2D eigenvalue weighted by Crippen LogP contribution is 2.34. The van der Waals surface area contributed by atoms with Crippen LogP contribution in [0, 0.1) is 17.3 Å². The van der Waals surface area contributed by atoms with Gasteiger partial charge in [0.25, 0.3) is 0 Å². The van der Waals surface area contributed by atoms with Crippen molar-refractivity contribution >= 4 is 0 Å². The first-order chi connectivity index (χ1) is 8.56. The first-order valence-corrected chi connectivity index (χ1v) is 7.58. The second kappa shape index (κ2) is 5.89. The van der Waals surface area contributed by atoms with Gasteiger partial charge in [0.05, 0.1) is 0 Å². The van der Waals surface area contributed by atoms with E-state index < -0.39 is 0 Å². The van der Waals surface area contributed by atoms with Crippen LogP contribution in [0.15, 0.2) is 0 Å². The summed E-state index contributed by atoms with van der Waals surface area (Å²) in [4.78, 5) is 2.69. The van der Waals surface area contributed by atoms with Gasteiger partial charge >= 0.3 is 0 Å². The second-order valence-corrected chi connectivity index (χ2v) is 6.80. The Morgan fingerprint density at radius 2 is 1.89 bits per heavy atom. The molecule has 2 aliphatic heterocycles. The summed E-state index contributed by atoms with van der Waals surface area (Å²) in [7, 11) is 0. The molecule has 0 amide bonds. The molecule has 2 aliphatic rings. The van der Waals surface area contributed by atoms with Crippen LogP contribution in [0.4, 0.5) is 0 Å². The quantitative estimate of drug-likeness (QED) is 0.838. The number of rotatable bonds is 3. The summed E-state index contributed by atoms with van der Waals surface area (Å²) < 4.78 is 5.51. The van der Waals surface area contributed by atoms with Crippen LogP contribution in [0.2, 0.25) is 0 Å². The van der Waals surface area contributed by atoms with E-state index in [4.69, 9.17) is 10.5 Å². The molecular formula is C15H30N2O. The van der Waals surface area contributed by atoms with Gasteiger partial charge in [0, 0.05) is 32.3 Å². The number of hydrogen-bond donors (Lipinski definition) is 1. The Morgan fingerprint density at radius 1 is 1.22 bits per heavy atom. The second-order valence-electron chi connectivity index (χ2n) is 6.80. The van der Waals surface area contributed by atoms with Crippen LogP contribution in [0.25, 0.3) is 0 Å². The SMILES string of the molecule is CC1CC(C)C(C)N(CC2(CN)CCOCC2)C1. The molecule has 0 aromatic heterocycles. The summed E-state index contributed by atoms with van der Waals surface area (Å²) in [6.45, 7) is 12.2. The largest absolute Gasteiger partial charge is 0.381 e. The number of nitrogens with zero attached hydrogens (tertiary/aromatic N) is 1. The van der Waals surface area contributed by atoms with Crippen molar-refractivity contribution in [2.75, 3.05) is 32.8 Å². The van der Waals surface area contributed by atoms with Gasteiger partial charge in [-0.25, -0.2) is 0 Å². The van der Waals surface area contributed by atoms with Gasteiger partial charge in [-0.15, -0.1) is 0 Å². The van der Waals surface area contributed by atoms with Crippen molar-refractivity contribution in [2.45, 2.75) is 46.1 Å². The van der Waals surface area contributed by atoms with Crippen LogP contribution in [0.3, 0.4) is 0 Å². The Labute approximate surface area is 112 Å². The first-order valence-electron chi connectivity index (χ1n) is 7.58. The molecular weight excluding hydrogens is 224 g/mol. The Balaban J connectivity index is 2.01. The monoisotopic (exact) mass is 254 g/mol. The molecule has 3 heteroatoms. The zero-order chi connectivity index (χ0) is 13.2. The summed E-state index contributed by atoms with van der Waals surface area (Å²) in [5.41, 5.74) is 6.40. The Kier molecular flexibility index (Phi) is 4.68. The van der Waals surface area contributed by atoms with Crippen LogP contribution < -0.4 is 5.73 Å². The van der Waals surface area contributed by atoms with Gasteiger partial charge in [0.15, 0.2) is 0 Å². The molecule has 2 rings (SSSR count). The van der Waals surface area contributed by atoms with E-state index in [1.165, 1.54) is 19.5 Å². The molecule has 0 radical (unpaired) electrons. The highest BCUT2D eigenvalue weighted by atomic mass is 16.5. The van der Waals surface area contributed by atoms with Gasteiger partial charge in [-0.05, 0) is 50.0 Å². The fourth-order valence-corrected chi connectivity index (χ4v) is 3.70.